The van der Waals surface area contributed by atoms with Gasteiger partial charge in [0.05, 0.1) is 26.4 Å². The van der Waals surface area contributed by atoms with E-state index in [4.69, 9.17) is 37.0 Å². The number of phosphoric acid groups is 2. The van der Waals surface area contributed by atoms with E-state index < -0.39 is 97.5 Å². The predicted octanol–water partition coefficient (Wildman–Crippen LogP) is 21.7. The molecule has 17 nitrogen and oxygen atoms in total. The summed E-state index contributed by atoms with van der Waals surface area (Å²) >= 11 is 0. The van der Waals surface area contributed by atoms with Gasteiger partial charge in [-0.05, 0) is 31.6 Å². The average molecular weight is 1370 g/mol. The first-order chi connectivity index (χ1) is 45.0. The molecule has 0 aliphatic carbocycles. The summed E-state index contributed by atoms with van der Waals surface area (Å²) in [7, 11) is -9.90. The molecule has 0 aliphatic rings. The van der Waals surface area contributed by atoms with Crippen molar-refractivity contribution >= 4 is 39.5 Å². The Hall–Kier alpha value is -1.94. The van der Waals surface area contributed by atoms with Crippen LogP contribution in [0, 0.1) is 5.92 Å². The third-order valence-electron chi connectivity index (χ3n) is 17.3. The van der Waals surface area contributed by atoms with Gasteiger partial charge in [-0.25, -0.2) is 9.13 Å². The summed E-state index contributed by atoms with van der Waals surface area (Å²) in [4.78, 5) is 72.6. The molecule has 2 unspecified atom stereocenters. The Morgan fingerprint density at radius 2 is 0.495 bits per heavy atom. The zero-order valence-electron chi connectivity index (χ0n) is 60.4. The smallest absolute Gasteiger partial charge is 0.462 e. The Labute approximate surface area is 568 Å². The third kappa shape index (κ3) is 68.4. The SMILES string of the molecule is CCCCCCCCCCCCCCCCCCCCCC(=O)O[C@H](COC(=O)CCCCCCCCCCCCCCCC)COP(=O)(O)OC[C@@H](O)COP(=O)(O)OC[C@@H](COC(=O)CCCCCCCCCCC)OC(=O)CCCCCCCCCCC(C)C. The molecule has 0 bridgehead atoms. The molecule has 0 saturated heterocycles. The molecule has 0 saturated carbocycles. The van der Waals surface area contributed by atoms with Crippen LogP contribution in [-0.4, -0.2) is 96.7 Å². The molecule has 19 heteroatoms. The van der Waals surface area contributed by atoms with E-state index in [2.05, 4.69) is 34.6 Å². The number of hydrogen-bond acceptors (Lipinski definition) is 15. The van der Waals surface area contributed by atoms with Crippen molar-refractivity contribution in [2.45, 2.75) is 406 Å². The molecule has 0 aromatic rings. The Balaban J connectivity index is 5.21. The molecular weight excluding hydrogens is 1220 g/mol. The van der Waals surface area contributed by atoms with Crippen molar-refractivity contribution in [2.75, 3.05) is 39.6 Å². The second-order valence-corrected chi connectivity index (χ2v) is 30.1. The topological polar surface area (TPSA) is 237 Å². The molecule has 0 heterocycles. The highest BCUT2D eigenvalue weighted by Crippen LogP contribution is 2.45. The number of unbranched alkanes of at least 4 members (excludes halogenated alkanes) is 46. The normalized spacial score (nSPS) is 14.0. The van der Waals surface area contributed by atoms with Gasteiger partial charge in [0.15, 0.2) is 12.2 Å². The number of esters is 4. The second-order valence-electron chi connectivity index (χ2n) is 27.2. The molecule has 0 aliphatic heterocycles. The lowest BCUT2D eigenvalue weighted by Gasteiger charge is -2.21. The van der Waals surface area contributed by atoms with Crippen LogP contribution in [0.3, 0.4) is 0 Å². The Morgan fingerprint density at radius 3 is 0.731 bits per heavy atom. The molecule has 552 valence electrons. The number of rotatable bonds is 74. The molecule has 0 spiro atoms. The highest BCUT2D eigenvalue weighted by molar-refractivity contribution is 7.47. The number of aliphatic hydroxyl groups is 1. The van der Waals surface area contributed by atoms with Crippen LogP contribution in [0.5, 0.6) is 0 Å². The van der Waals surface area contributed by atoms with Crippen LogP contribution in [0.2, 0.25) is 0 Å². The largest absolute Gasteiger partial charge is 0.472 e. The number of aliphatic hydroxyl groups excluding tert-OH is 1. The maximum atomic E-state index is 13.1. The number of phosphoric ester groups is 2. The summed E-state index contributed by atoms with van der Waals surface area (Å²) in [5.41, 5.74) is 0. The Kier molecular flexibility index (Phi) is 65.9. The molecule has 5 atom stereocenters. The summed E-state index contributed by atoms with van der Waals surface area (Å²) < 4.78 is 68.4. The van der Waals surface area contributed by atoms with Crippen molar-refractivity contribution in [2.24, 2.45) is 5.92 Å². The van der Waals surface area contributed by atoms with Gasteiger partial charge < -0.3 is 33.8 Å². The first kappa shape index (κ1) is 91.1. The van der Waals surface area contributed by atoms with Crippen molar-refractivity contribution in [3.8, 4) is 0 Å². The average Bonchev–Trinajstić information content (AvgIpc) is 2.58. The summed E-state index contributed by atoms with van der Waals surface area (Å²) in [6, 6.07) is 0. The van der Waals surface area contributed by atoms with Crippen LogP contribution in [0.4, 0.5) is 0 Å². The highest BCUT2D eigenvalue weighted by Gasteiger charge is 2.30. The van der Waals surface area contributed by atoms with E-state index in [1.165, 1.54) is 212 Å². The summed E-state index contributed by atoms with van der Waals surface area (Å²) in [6.45, 7) is 7.22. The minimum atomic E-state index is -4.95. The van der Waals surface area contributed by atoms with Crippen LogP contribution in [0.1, 0.15) is 388 Å². The van der Waals surface area contributed by atoms with Crippen LogP contribution >= 0.6 is 15.6 Å². The molecular formula is C74H144O17P2. The van der Waals surface area contributed by atoms with Gasteiger partial charge in [-0.2, -0.15) is 0 Å². The Morgan fingerprint density at radius 1 is 0.290 bits per heavy atom. The molecule has 0 rings (SSSR count). The second kappa shape index (κ2) is 67.3. The maximum absolute atomic E-state index is 13.1. The number of carbonyl (C=O) groups excluding carboxylic acids is 4. The Bertz CT molecular complexity index is 1790. The zero-order valence-corrected chi connectivity index (χ0v) is 62.2. The lowest BCUT2D eigenvalue weighted by Crippen LogP contribution is -2.30. The fraction of sp³-hybridized carbons (Fsp3) is 0.946. The lowest BCUT2D eigenvalue weighted by atomic mass is 10.0. The van der Waals surface area contributed by atoms with E-state index in [9.17, 15) is 43.2 Å². The summed E-state index contributed by atoms with van der Waals surface area (Å²) in [6.07, 6.45) is 55.6. The first-order valence-electron chi connectivity index (χ1n) is 38.6. The van der Waals surface area contributed by atoms with E-state index in [1.807, 2.05) is 0 Å². The predicted molar refractivity (Wildman–Crippen MR) is 377 cm³/mol. The van der Waals surface area contributed by atoms with Crippen molar-refractivity contribution in [1.29, 1.82) is 0 Å². The fourth-order valence-electron chi connectivity index (χ4n) is 11.4. The molecule has 0 aromatic heterocycles. The molecule has 0 fully saturated rings. The van der Waals surface area contributed by atoms with Crippen molar-refractivity contribution in [1.82, 2.24) is 0 Å². The monoisotopic (exact) mass is 1370 g/mol. The summed E-state index contributed by atoms with van der Waals surface area (Å²) in [5, 5.41) is 10.6. The lowest BCUT2D eigenvalue weighted by molar-refractivity contribution is -0.161. The van der Waals surface area contributed by atoms with E-state index in [0.29, 0.717) is 25.7 Å². The van der Waals surface area contributed by atoms with Crippen LogP contribution in [-0.2, 0) is 65.4 Å². The molecule has 0 amide bonds. The van der Waals surface area contributed by atoms with Gasteiger partial charge in [0.2, 0.25) is 0 Å². The van der Waals surface area contributed by atoms with Gasteiger partial charge in [0.25, 0.3) is 0 Å². The quantitative estimate of drug-likeness (QED) is 0.0222. The number of ether oxygens (including phenoxy) is 4. The summed E-state index contributed by atoms with van der Waals surface area (Å²) in [5.74, 6) is -1.40. The van der Waals surface area contributed by atoms with Gasteiger partial charge in [-0.15, -0.1) is 0 Å². The van der Waals surface area contributed by atoms with E-state index >= 15 is 0 Å². The van der Waals surface area contributed by atoms with Crippen LogP contribution < -0.4 is 0 Å². The van der Waals surface area contributed by atoms with Crippen molar-refractivity contribution < 1.29 is 80.2 Å². The van der Waals surface area contributed by atoms with Gasteiger partial charge in [0, 0.05) is 25.7 Å². The van der Waals surface area contributed by atoms with Gasteiger partial charge in [-0.3, -0.25) is 37.3 Å². The molecule has 0 radical (unpaired) electrons. The van der Waals surface area contributed by atoms with Crippen LogP contribution in [0.25, 0.3) is 0 Å². The minimum absolute atomic E-state index is 0.105. The van der Waals surface area contributed by atoms with Gasteiger partial charge in [0.1, 0.15) is 19.3 Å². The van der Waals surface area contributed by atoms with Crippen molar-refractivity contribution in [3.05, 3.63) is 0 Å². The van der Waals surface area contributed by atoms with Gasteiger partial charge >= 0.3 is 39.5 Å². The van der Waals surface area contributed by atoms with E-state index in [1.54, 1.807) is 0 Å². The van der Waals surface area contributed by atoms with Crippen LogP contribution in [0.15, 0.2) is 0 Å². The van der Waals surface area contributed by atoms with E-state index in [0.717, 1.165) is 95.8 Å². The number of carbonyl (C=O) groups is 4. The zero-order chi connectivity index (χ0) is 68.4. The third-order valence-corrected chi connectivity index (χ3v) is 19.2. The van der Waals surface area contributed by atoms with Crippen molar-refractivity contribution in [3.63, 3.8) is 0 Å². The molecule has 93 heavy (non-hydrogen) atoms. The number of hydrogen-bond donors (Lipinski definition) is 3. The van der Waals surface area contributed by atoms with Gasteiger partial charge in [-0.1, -0.05) is 336 Å². The molecule has 0 aromatic carbocycles. The maximum Gasteiger partial charge on any atom is 0.472 e. The first-order valence-corrected chi connectivity index (χ1v) is 41.6. The van der Waals surface area contributed by atoms with E-state index in [-0.39, 0.29) is 25.7 Å². The highest BCUT2D eigenvalue weighted by atomic mass is 31.2. The molecule has 3 N–H and O–H groups in total. The standard InChI is InChI=1S/C74H144O17P2/c1-6-9-12-15-18-21-23-25-27-28-29-30-31-33-35-38-44-49-54-59-73(78)90-69(64-85-72(77)58-53-48-43-37-34-32-26-24-22-19-16-13-10-7-2)65-88-92(80,81)86-61-68(75)62-87-93(82,83)89-66-70(63-84-71(76)57-52-47-42-36-20-17-14-11-8-3)91-74(79)60-55-50-45-40-39-41-46-51-56-67(4)5/h67-70,75H,6-66H2,1-5H3,(H,80,81)(H,82,83)/t68-,69-,70-/m1/s1. The minimum Gasteiger partial charge on any atom is -0.462 e. The fourth-order valence-corrected chi connectivity index (χ4v) is 12.9.